The maximum absolute atomic E-state index is 11.8. The van der Waals surface area contributed by atoms with Gasteiger partial charge in [-0.15, -0.1) is 0 Å². The second-order valence-corrected chi connectivity index (χ2v) is 4.38. The van der Waals surface area contributed by atoms with Crippen LogP contribution in [0.25, 0.3) is 6.08 Å². The predicted octanol–water partition coefficient (Wildman–Crippen LogP) is 3.84. The topological polar surface area (TPSA) is 54.4 Å². The molecule has 21 heavy (non-hydrogen) atoms. The number of benzene rings is 2. The van der Waals surface area contributed by atoms with Crippen molar-refractivity contribution in [2.45, 2.75) is 0 Å². The third kappa shape index (κ3) is 4.28. The van der Waals surface area contributed by atoms with Gasteiger partial charge in [-0.2, -0.15) is 0 Å². The summed E-state index contributed by atoms with van der Waals surface area (Å²) in [4.78, 5) is 22.5. The quantitative estimate of drug-likeness (QED) is 0.513. The second kappa shape index (κ2) is 7.01. The zero-order valence-corrected chi connectivity index (χ0v) is 11.3. The van der Waals surface area contributed by atoms with Crippen LogP contribution in [-0.2, 0) is 0 Å². The zero-order valence-electron chi connectivity index (χ0n) is 11.3. The van der Waals surface area contributed by atoms with Gasteiger partial charge in [0.25, 0.3) is 0 Å². The van der Waals surface area contributed by atoms with Crippen molar-refractivity contribution in [3.8, 4) is 0 Å². The van der Waals surface area contributed by atoms with Crippen LogP contribution in [0, 0.1) is 0 Å². The zero-order chi connectivity index (χ0) is 15.1. The van der Waals surface area contributed by atoms with Crippen molar-refractivity contribution >= 4 is 17.8 Å². The molecule has 3 nitrogen and oxygen atoms in total. The van der Waals surface area contributed by atoms with E-state index in [1.165, 1.54) is 6.08 Å². The molecule has 0 aliphatic rings. The summed E-state index contributed by atoms with van der Waals surface area (Å²) in [7, 11) is 0. The van der Waals surface area contributed by atoms with Gasteiger partial charge in [0.1, 0.15) is 0 Å². The lowest BCUT2D eigenvalue weighted by Crippen LogP contribution is -1.94. The second-order valence-electron chi connectivity index (χ2n) is 4.38. The molecule has 0 bridgehead atoms. The molecule has 0 spiro atoms. The summed E-state index contributed by atoms with van der Waals surface area (Å²) in [5.41, 5.74) is 1.77. The average Bonchev–Trinajstić information content (AvgIpc) is 2.52. The summed E-state index contributed by atoms with van der Waals surface area (Å²) in [6.45, 7) is 0. The molecule has 0 saturated heterocycles. The maximum Gasteiger partial charge on any atom is 0.335 e. The summed E-state index contributed by atoms with van der Waals surface area (Å²) < 4.78 is 0. The lowest BCUT2D eigenvalue weighted by atomic mass is 10.1. The van der Waals surface area contributed by atoms with E-state index in [0.717, 1.165) is 5.56 Å². The lowest BCUT2D eigenvalue weighted by molar-refractivity contribution is 0.0696. The Morgan fingerprint density at radius 1 is 0.810 bits per heavy atom. The number of carboxylic acids is 1. The van der Waals surface area contributed by atoms with Gasteiger partial charge in [-0.05, 0) is 23.8 Å². The normalized spacial score (nSPS) is 11.0. The van der Waals surface area contributed by atoms with E-state index in [1.54, 1.807) is 54.6 Å². The fraction of sp³-hybridized carbons (Fsp3) is 0. The minimum atomic E-state index is -0.945. The standard InChI is InChI=1S/C18H14O3/c19-17(15-7-2-1-3-8-15)9-5-4-6-14-10-12-16(13-11-14)18(20)21/h1-13H,(H,20,21)/b6-4+,9-5+. The molecular weight excluding hydrogens is 264 g/mol. The van der Waals surface area contributed by atoms with Crippen molar-refractivity contribution < 1.29 is 14.7 Å². The van der Waals surface area contributed by atoms with Crippen molar-refractivity contribution in [3.63, 3.8) is 0 Å². The van der Waals surface area contributed by atoms with Crippen molar-refractivity contribution in [2.24, 2.45) is 0 Å². The Bertz CT molecular complexity index is 680. The Hall–Kier alpha value is -2.94. The Morgan fingerprint density at radius 2 is 1.48 bits per heavy atom. The van der Waals surface area contributed by atoms with Gasteiger partial charge in [0.2, 0.25) is 0 Å². The molecule has 0 aliphatic carbocycles. The molecule has 2 rings (SSSR count). The van der Waals surface area contributed by atoms with Gasteiger partial charge >= 0.3 is 5.97 Å². The number of hydrogen-bond acceptors (Lipinski definition) is 2. The van der Waals surface area contributed by atoms with Gasteiger partial charge < -0.3 is 5.11 Å². The highest BCUT2D eigenvalue weighted by atomic mass is 16.4. The van der Waals surface area contributed by atoms with Gasteiger partial charge in [-0.1, -0.05) is 60.7 Å². The summed E-state index contributed by atoms with van der Waals surface area (Å²) in [5.74, 6) is -1.000. The van der Waals surface area contributed by atoms with Crippen LogP contribution in [0.2, 0.25) is 0 Å². The monoisotopic (exact) mass is 278 g/mol. The maximum atomic E-state index is 11.8. The highest BCUT2D eigenvalue weighted by Gasteiger charge is 2.00. The first-order valence-electron chi connectivity index (χ1n) is 6.44. The number of carboxylic acid groups (broad SMARTS) is 1. The Labute approximate surface area is 122 Å². The molecule has 2 aromatic carbocycles. The van der Waals surface area contributed by atoms with Gasteiger partial charge in [0.15, 0.2) is 5.78 Å². The van der Waals surface area contributed by atoms with Crippen molar-refractivity contribution in [2.75, 3.05) is 0 Å². The van der Waals surface area contributed by atoms with E-state index < -0.39 is 5.97 Å². The van der Waals surface area contributed by atoms with Crippen LogP contribution >= 0.6 is 0 Å². The Balaban J connectivity index is 1.97. The molecule has 0 radical (unpaired) electrons. The van der Waals surface area contributed by atoms with E-state index in [9.17, 15) is 9.59 Å². The SMILES string of the molecule is O=C(O)c1ccc(/C=C/C=C/C(=O)c2ccccc2)cc1. The first kappa shape index (κ1) is 14.5. The molecule has 0 amide bonds. The van der Waals surface area contributed by atoms with E-state index in [1.807, 2.05) is 18.2 Å². The van der Waals surface area contributed by atoms with Crippen molar-refractivity contribution in [1.82, 2.24) is 0 Å². The summed E-state index contributed by atoms with van der Waals surface area (Å²) in [6.07, 6.45) is 6.72. The Kier molecular flexibility index (Phi) is 4.83. The number of carbonyl (C=O) groups is 2. The van der Waals surface area contributed by atoms with Crippen LogP contribution in [0.4, 0.5) is 0 Å². The first-order chi connectivity index (χ1) is 10.2. The fourth-order valence-corrected chi connectivity index (χ4v) is 1.75. The minimum Gasteiger partial charge on any atom is -0.478 e. The predicted molar refractivity (Wildman–Crippen MR) is 82.3 cm³/mol. The van der Waals surface area contributed by atoms with Crippen LogP contribution in [0.15, 0.2) is 72.8 Å². The number of rotatable bonds is 5. The summed E-state index contributed by atoms with van der Waals surface area (Å²) in [5, 5.41) is 8.79. The van der Waals surface area contributed by atoms with E-state index in [4.69, 9.17) is 5.11 Å². The molecular formula is C18H14O3. The van der Waals surface area contributed by atoms with E-state index in [2.05, 4.69) is 0 Å². The van der Waals surface area contributed by atoms with Crippen LogP contribution in [-0.4, -0.2) is 16.9 Å². The number of hydrogen-bond donors (Lipinski definition) is 1. The van der Waals surface area contributed by atoms with Crippen molar-refractivity contribution in [1.29, 1.82) is 0 Å². The van der Waals surface area contributed by atoms with E-state index in [-0.39, 0.29) is 11.3 Å². The first-order valence-corrected chi connectivity index (χ1v) is 6.44. The molecule has 0 aromatic heterocycles. The molecule has 0 heterocycles. The van der Waals surface area contributed by atoms with Crippen molar-refractivity contribution in [3.05, 3.63) is 89.5 Å². The van der Waals surface area contributed by atoms with Gasteiger partial charge in [-0.25, -0.2) is 4.79 Å². The summed E-state index contributed by atoms with van der Waals surface area (Å²) in [6, 6.07) is 15.5. The smallest absolute Gasteiger partial charge is 0.335 e. The van der Waals surface area contributed by atoms with Gasteiger partial charge in [0, 0.05) is 5.56 Å². The highest BCUT2D eigenvalue weighted by molar-refractivity contribution is 6.04. The van der Waals surface area contributed by atoms with Crippen LogP contribution < -0.4 is 0 Å². The third-order valence-electron chi connectivity index (χ3n) is 2.86. The third-order valence-corrected chi connectivity index (χ3v) is 2.86. The molecule has 0 aliphatic heterocycles. The number of ketones is 1. The number of carbonyl (C=O) groups excluding carboxylic acids is 1. The van der Waals surface area contributed by atoms with E-state index in [0.29, 0.717) is 5.56 Å². The van der Waals surface area contributed by atoms with Gasteiger partial charge in [-0.3, -0.25) is 4.79 Å². The van der Waals surface area contributed by atoms with E-state index >= 15 is 0 Å². The molecule has 3 heteroatoms. The number of aromatic carboxylic acids is 1. The van der Waals surface area contributed by atoms with Crippen LogP contribution in [0.3, 0.4) is 0 Å². The molecule has 0 fully saturated rings. The molecule has 0 saturated carbocycles. The minimum absolute atomic E-state index is 0.0542. The number of allylic oxidation sites excluding steroid dienone is 3. The molecule has 0 atom stereocenters. The largest absolute Gasteiger partial charge is 0.478 e. The van der Waals surface area contributed by atoms with Crippen LogP contribution in [0.1, 0.15) is 26.3 Å². The highest BCUT2D eigenvalue weighted by Crippen LogP contribution is 2.06. The summed E-state index contributed by atoms with van der Waals surface area (Å²) >= 11 is 0. The molecule has 0 unspecified atom stereocenters. The Morgan fingerprint density at radius 3 is 2.10 bits per heavy atom. The van der Waals surface area contributed by atoms with Gasteiger partial charge in [0.05, 0.1) is 5.56 Å². The molecule has 2 aromatic rings. The lowest BCUT2D eigenvalue weighted by Gasteiger charge is -1.95. The molecule has 1 N–H and O–H groups in total. The fourth-order valence-electron chi connectivity index (χ4n) is 1.75. The molecule has 104 valence electrons. The van der Waals surface area contributed by atoms with Crippen LogP contribution in [0.5, 0.6) is 0 Å². The average molecular weight is 278 g/mol.